The van der Waals surface area contributed by atoms with Crippen molar-refractivity contribution in [1.29, 1.82) is 0 Å². The molecule has 2 unspecified atom stereocenters. The molecule has 0 aromatic carbocycles. The molecule has 2 aliphatic carbocycles. The average Bonchev–Trinajstić information content (AvgIpc) is 3.08. The van der Waals surface area contributed by atoms with Gasteiger partial charge in [0.25, 0.3) is 0 Å². The van der Waals surface area contributed by atoms with Crippen molar-refractivity contribution in [1.82, 2.24) is 10.3 Å². The van der Waals surface area contributed by atoms with E-state index in [4.69, 9.17) is 9.47 Å². The first-order valence-electron chi connectivity index (χ1n) is 9.27. The zero-order valence-corrected chi connectivity index (χ0v) is 13.9. The van der Waals surface area contributed by atoms with Gasteiger partial charge in [-0.2, -0.15) is 0 Å². The topological polar surface area (TPSA) is 43.4 Å². The van der Waals surface area contributed by atoms with E-state index < -0.39 is 0 Å². The second-order valence-corrected chi connectivity index (χ2v) is 7.46. The van der Waals surface area contributed by atoms with Gasteiger partial charge in [0.2, 0.25) is 0 Å². The van der Waals surface area contributed by atoms with Crippen LogP contribution in [0.5, 0.6) is 5.75 Å². The number of aromatic nitrogens is 1. The molecule has 3 aliphatic rings. The number of hydrogen-bond acceptors (Lipinski definition) is 4. The predicted octanol–water partition coefficient (Wildman–Crippen LogP) is 3.17. The number of ether oxygens (including phenoxy) is 2. The smallest absolute Gasteiger partial charge is 0.142 e. The molecule has 0 radical (unpaired) electrons. The summed E-state index contributed by atoms with van der Waals surface area (Å²) in [5.41, 5.74) is 1.23. The van der Waals surface area contributed by atoms with Gasteiger partial charge in [0, 0.05) is 36.9 Å². The summed E-state index contributed by atoms with van der Waals surface area (Å²) in [7, 11) is 0. The number of hydrogen-bond donors (Lipinski definition) is 1. The summed E-state index contributed by atoms with van der Waals surface area (Å²) in [6.07, 6.45) is 11.9. The Kier molecular flexibility index (Phi) is 4.81. The zero-order chi connectivity index (χ0) is 15.5. The van der Waals surface area contributed by atoms with Gasteiger partial charge in [0.1, 0.15) is 5.75 Å². The van der Waals surface area contributed by atoms with Crippen LogP contribution in [0, 0.1) is 17.8 Å². The Bertz CT molecular complexity index is 516. The molecule has 2 saturated carbocycles. The van der Waals surface area contributed by atoms with Gasteiger partial charge in [0.05, 0.1) is 19.4 Å². The van der Waals surface area contributed by atoms with Crippen molar-refractivity contribution >= 4 is 0 Å². The van der Waals surface area contributed by atoms with Crippen LogP contribution < -0.4 is 10.1 Å². The Labute approximate surface area is 139 Å². The van der Waals surface area contributed by atoms with Gasteiger partial charge in [-0.25, -0.2) is 0 Å². The maximum Gasteiger partial charge on any atom is 0.142 e. The molecule has 1 aromatic rings. The third-order valence-corrected chi connectivity index (χ3v) is 5.96. The molecular formula is C19H28N2O2. The summed E-state index contributed by atoms with van der Waals surface area (Å²) in [5.74, 6) is 3.39. The van der Waals surface area contributed by atoms with Crippen molar-refractivity contribution in [3.8, 4) is 5.75 Å². The minimum absolute atomic E-state index is 0.533. The van der Waals surface area contributed by atoms with Crippen LogP contribution in [0.25, 0.3) is 0 Å². The summed E-state index contributed by atoms with van der Waals surface area (Å²) < 4.78 is 11.4. The lowest BCUT2D eigenvalue weighted by Gasteiger charge is -2.48. The van der Waals surface area contributed by atoms with E-state index in [0.29, 0.717) is 12.0 Å². The lowest BCUT2D eigenvalue weighted by molar-refractivity contribution is 0.0588. The van der Waals surface area contributed by atoms with E-state index in [2.05, 4.69) is 16.4 Å². The van der Waals surface area contributed by atoms with Crippen LogP contribution in [0.1, 0.15) is 44.1 Å². The molecule has 4 heteroatoms. The van der Waals surface area contributed by atoms with Gasteiger partial charge in [-0.1, -0.05) is 19.3 Å². The first-order chi connectivity index (χ1) is 11.4. The Hall–Kier alpha value is -1.13. The fourth-order valence-corrected chi connectivity index (χ4v) is 4.45. The maximum atomic E-state index is 6.03. The van der Waals surface area contributed by atoms with E-state index in [1.807, 2.05) is 12.4 Å². The highest BCUT2D eigenvalue weighted by Gasteiger charge is 2.41. The highest BCUT2D eigenvalue weighted by Crippen LogP contribution is 2.45. The minimum atomic E-state index is 0.533. The molecule has 23 heavy (non-hydrogen) atoms. The second kappa shape index (κ2) is 7.18. The van der Waals surface area contributed by atoms with Gasteiger partial charge in [0.15, 0.2) is 0 Å². The third-order valence-electron chi connectivity index (χ3n) is 5.96. The zero-order valence-electron chi connectivity index (χ0n) is 13.9. The molecule has 3 fully saturated rings. The Balaban J connectivity index is 1.30. The standard InChI is InChI=1S/C19H28N2O2/c1-2-4-17-15(3-1)9-18(17)21-10-16-5-7-20-11-19(16)23-13-14-6-8-22-12-14/h5,7,11,14-15,17-18,21H,1-4,6,8-10,12-13H2/t14?,15-,17-,18?/m0/s1. The molecule has 0 bridgehead atoms. The van der Waals surface area contributed by atoms with Crippen LogP contribution in [-0.4, -0.2) is 30.8 Å². The Morgan fingerprint density at radius 3 is 3.09 bits per heavy atom. The van der Waals surface area contributed by atoms with Gasteiger partial charge >= 0.3 is 0 Å². The summed E-state index contributed by atoms with van der Waals surface area (Å²) in [6, 6.07) is 2.80. The first-order valence-corrected chi connectivity index (χ1v) is 9.27. The number of fused-ring (bicyclic) bond motifs is 1. The minimum Gasteiger partial charge on any atom is -0.491 e. The first kappa shape index (κ1) is 15.4. The van der Waals surface area contributed by atoms with E-state index >= 15 is 0 Å². The van der Waals surface area contributed by atoms with Crippen molar-refractivity contribution in [3.63, 3.8) is 0 Å². The molecule has 0 spiro atoms. The van der Waals surface area contributed by atoms with Crippen LogP contribution in [0.2, 0.25) is 0 Å². The number of pyridine rings is 1. The molecule has 4 nitrogen and oxygen atoms in total. The Morgan fingerprint density at radius 2 is 2.22 bits per heavy atom. The molecule has 4 atom stereocenters. The van der Waals surface area contributed by atoms with Gasteiger partial charge in [-0.15, -0.1) is 0 Å². The van der Waals surface area contributed by atoms with Crippen LogP contribution in [0.4, 0.5) is 0 Å². The molecule has 2 heterocycles. The quantitative estimate of drug-likeness (QED) is 0.875. The highest BCUT2D eigenvalue weighted by molar-refractivity contribution is 5.29. The van der Waals surface area contributed by atoms with Crippen LogP contribution in [0.15, 0.2) is 18.5 Å². The molecule has 1 aliphatic heterocycles. The Morgan fingerprint density at radius 1 is 1.26 bits per heavy atom. The average molecular weight is 316 g/mol. The largest absolute Gasteiger partial charge is 0.491 e. The summed E-state index contributed by atoms with van der Waals surface area (Å²) >= 11 is 0. The SMILES string of the molecule is c1cc(CNC2C[C@@H]3CCCC[C@H]23)c(OCC2CCOC2)cn1. The monoisotopic (exact) mass is 316 g/mol. The number of nitrogens with zero attached hydrogens (tertiary/aromatic N) is 1. The van der Waals surface area contributed by atoms with Crippen LogP contribution in [-0.2, 0) is 11.3 Å². The van der Waals surface area contributed by atoms with Gasteiger partial charge in [-0.05, 0) is 37.2 Å². The van der Waals surface area contributed by atoms with Gasteiger partial charge < -0.3 is 14.8 Å². The molecule has 126 valence electrons. The lowest BCUT2D eigenvalue weighted by Crippen LogP contribution is -2.51. The summed E-state index contributed by atoms with van der Waals surface area (Å²) in [6.45, 7) is 3.35. The van der Waals surface area contributed by atoms with E-state index in [0.717, 1.165) is 50.4 Å². The second-order valence-electron chi connectivity index (χ2n) is 7.46. The van der Waals surface area contributed by atoms with Crippen molar-refractivity contribution in [2.75, 3.05) is 19.8 Å². The van der Waals surface area contributed by atoms with Crippen LogP contribution in [0.3, 0.4) is 0 Å². The van der Waals surface area contributed by atoms with Crippen molar-refractivity contribution in [2.45, 2.75) is 51.1 Å². The molecule has 1 aromatic heterocycles. The van der Waals surface area contributed by atoms with Crippen molar-refractivity contribution in [3.05, 3.63) is 24.0 Å². The van der Waals surface area contributed by atoms with E-state index in [-0.39, 0.29) is 0 Å². The van der Waals surface area contributed by atoms with E-state index in [1.165, 1.54) is 37.7 Å². The fourth-order valence-electron chi connectivity index (χ4n) is 4.45. The fraction of sp³-hybridized carbons (Fsp3) is 0.737. The summed E-state index contributed by atoms with van der Waals surface area (Å²) in [4.78, 5) is 4.23. The lowest BCUT2D eigenvalue weighted by atomic mass is 9.62. The maximum absolute atomic E-state index is 6.03. The van der Waals surface area contributed by atoms with Crippen LogP contribution >= 0.6 is 0 Å². The number of rotatable bonds is 6. The highest BCUT2D eigenvalue weighted by atomic mass is 16.5. The van der Waals surface area contributed by atoms with E-state index in [9.17, 15) is 0 Å². The molecule has 0 amide bonds. The normalized spacial score (nSPS) is 33.0. The third kappa shape index (κ3) is 3.53. The predicted molar refractivity (Wildman–Crippen MR) is 89.4 cm³/mol. The molecule has 1 saturated heterocycles. The van der Waals surface area contributed by atoms with Gasteiger partial charge in [-0.3, -0.25) is 4.98 Å². The summed E-state index contributed by atoms with van der Waals surface area (Å²) in [5, 5.41) is 3.77. The molecular weight excluding hydrogens is 288 g/mol. The number of nitrogens with one attached hydrogen (secondary N) is 1. The molecule has 4 rings (SSSR count). The van der Waals surface area contributed by atoms with Crippen molar-refractivity contribution < 1.29 is 9.47 Å². The molecule has 1 N–H and O–H groups in total. The van der Waals surface area contributed by atoms with E-state index in [1.54, 1.807) is 0 Å². The van der Waals surface area contributed by atoms with Crippen molar-refractivity contribution in [2.24, 2.45) is 17.8 Å².